The van der Waals surface area contributed by atoms with Crippen LogP contribution < -0.4 is 0 Å². The molecule has 0 aromatic carbocycles. The number of carbonyl (C=O) groups is 1. The van der Waals surface area contributed by atoms with Gasteiger partial charge in [0.2, 0.25) is 0 Å². The van der Waals surface area contributed by atoms with Gasteiger partial charge in [-0.25, -0.2) is 0 Å². The Bertz CT molecular complexity index is 526. The van der Waals surface area contributed by atoms with Crippen molar-refractivity contribution in [3.05, 3.63) is 5.92 Å². The average Bonchev–Trinajstić information content (AvgIpc) is 3.34. The first-order valence-corrected chi connectivity index (χ1v) is 10.4. The summed E-state index contributed by atoms with van der Waals surface area (Å²) in [6.45, 7) is 4.74. The first-order valence-electron chi connectivity index (χ1n) is 10.4. The Labute approximate surface area is 162 Å². The molecule has 5 fully saturated rings. The Morgan fingerprint density at radius 1 is 0.958 bits per heavy atom. The van der Waals surface area contributed by atoms with Crippen molar-refractivity contribution in [2.45, 2.75) is 84.5 Å². The Morgan fingerprint density at radius 2 is 1.71 bits per heavy atom. The smallest absolute Gasteiger partial charge is 0.139 e. The van der Waals surface area contributed by atoms with Crippen LogP contribution >= 0.6 is 0 Å². The Kier molecular flexibility index (Phi) is 4.39. The van der Waals surface area contributed by atoms with E-state index in [1.807, 2.05) is 0 Å². The molecule has 134 valence electrons. The van der Waals surface area contributed by atoms with Crippen LogP contribution in [0, 0.1) is 46.3 Å². The third kappa shape index (κ3) is 2.25. The van der Waals surface area contributed by atoms with Crippen LogP contribution in [0.3, 0.4) is 0 Å². The SMILES string of the molecule is C[C-]1CC[C@@]2(C3CC3)[C@H](CCC3[C@@H]4CCC(=O)C4(C)CC[C@@H]32)C1.[Mo]. The van der Waals surface area contributed by atoms with E-state index in [2.05, 4.69) is 13.8 Å². The summed E-state index contributed by atoms with van der Waals surface area (Å²) in [5.74, 6) is 7.01. The third-order valence-electron chi connectivity index (χ3n) is 9.36. The minimum atomic E-state index is 0. The van der Waals surface area contributed by atoms with Gasteiger partial charge in [-0.3, -0.25) is 4.79 Å². The number of hydrogen-bond donors (Lipinski definition) is 0. The predicted molar refractivity (Wildman–Crippen MR) is 92.7 cm³/mol. The standard InChI is InChI=1S/C22H33O.Mo/c1-14-9-12-22(15-3-4-15)16(13-14)5-6-17-18-7-8-20(23)21(18,2)11-10-19(17)22;/h15-19H,3-13H2,1-2H3;/q-1;/t16-,17?,18+,19+,21?,22-;/m1./s1. The van der Waals surface area contributed by atoms with E-state index >= 15 is 0 Å². The van der Waals surface area contributed by atoms with Gasteiger partial charge in [0, 0.05) is 32.9 Å². The molecule has 2 unspecified atom stereocenters. The van der Waals surface area contributed by atoms with Gasteiger partial charge in [-0.1, -0.05) is 25.7 Å². The van der Waals surface area contributed by atoms with Gasteiger partial charge in [0.25, 0.3) is 0 Å². The van der Waals surface area contributed by atoms with Gasteiger partial charge in [-0.05, 0) is 67.6 Å². The first-order chi connectivity index (χ1) is 11.1. The van der Waals surface area contributed by atoms with Crippen molar-refractivity contribution in [3.63, 3.8) is 0 Å². The number of Topliss-reactive ketones (excluding diaryl/α,β-unsaturated/α-hetero) is 1. The van der Waals surface area contributed by atoms with Crippen LogP contribution in [0.4, 0.5) is 0 Å². The van der Waals surface area contributed by atoms with Crippen molar-refractivity contribution in [3.8, 4) is 0 Å². The summed E-state index contributed by atoms with van der Waals surface area (Å²) < 4.78 is 0. The summed E-state index contributed by atoms with van der Waals surface area (Å²) in [5.41, 5.74) is 0.755. The van der Waals surface area contributed by atoms with Crippen LogP contribution in [0.1, 0.15) is 84.5 Å². The molecule has 5 saturated carbocycles. The van der Waals surface area contributed by atoms with Gasteiger partial charge in [-0.15, -0.1) is 0 Å². The summed E-state index contributed by atoms with van der Waals surface area (Å²) in [4.78, 5) is 12.6. The molecule has 5 aliphatic rings. The van der Waals surface area contributed by atoms with Gasteiger partial charge < -0.3 is 5.92 Å². The molecule has 2 heteroatoms. The summed E-state index contributed by atoms with van der Waals surface area (Å²) in [5, 5.41) is 0. The van der Waals surface area contributed by atoms with Crippen molar-refractivity contribution in [1.82, 2.24) is 0 Å². The molecule has 6 atom stereocenters. The Morgan fingerprint density at radius 3 is 2.46 bits per heavy atom. The fourth-order valence-corrected chi connectivity index (χ4v) is 8.19. The Hall–Kier alpha value is 0.358. The summed E-state index contributed by atoms with van der Waals surface area (Å²) >= 11 is 0. The maximum Gasteiger partial charge on any atom is 0.139 e. The molecule has 0 radical (unpaired) electrons. The van der Waals surface area contributed by atoms with Crippen LogP contribution in [-0.4, -0.2) is 5.78 Å². The topological polar surface area (TPSA) is 17.1 Å². The van der Waals surface area contributed by atoms with Crippen molar-refractivity contribution in [1.29, 1.82) is 0 Å². The number of hydrogen-bond acceptors (Lipinski definition) is 1. The van der Waals surface area contributed by atoms with Gasteiger partial charge in [-0.2, -0.15) is 19.8 Å². The van der Waals surface area contributed by atoms with E-state index in [4.69, 9.17) is 0 Å². The molecule has 0 saturated heterocycles. The maximum absolute atomic E-state index is 12.6. The van der Waals surface area contributed by atoms with Crippen molar-refractivity contribution >= 4 is 5.78 Å². The van der Waals surface area contributed by atoms with Gasteiger partial charge >= 0.3 is 0 Å². The van der Waals surface area contributed by atoms with E-state index in [9.17, 15) is 4.79 Å². The molecule has 0 aromatic rings. The minimum Gasteiger partial charge on any atom is -0.316 e. The fraction of sp³-hybridized carbons (Fsp3) is 0.909. The quantitative estimate of drug-likeness (QED) is 0.408. The van der Waals surface area contributed by atoms with E-state index in [1.54, 1.807) is 5.92 Å². The molecule has 0 amide bonds. The van der Waals surface area contributed by atoms with Crippen LogP contribution in [0.25, 0.3) is 0 Å². The zero-order valence-electron chi connectivity index (χ0n) is 15.5. The molecule has 1 nitrogen and oxygen atoms in total. The van der Waals surface area contributed by atoms with Crippen molar-refractivity contribution < 1.29 is 25.9 Å². The summed E-state index contributed by atoms with van der Waals surface area (Å²) in [6, 6.07) is 0. The van der Waals surface area contributed by atoms with Gasteiger partial charge in [0.1, 0.15) is 5.78 Å². The molecule has 0 aliphatic heterocycles. The van der Waals surface area contributed by atoms with Gasteiger partial charge in [0.15, 0.2) is 0 Å². The molecule has 5 aliphatic carbocycles. The number of rotatable bonds is 1. The average molecular weight is 409 g/mol. The molecule has 5 rings (SSSR count). The predicted octanol–water partition coefficient (Wildman–Crippen LogP) is 5.58. The van der Waals surface area contributed by atoms with Crippen molar-refractivity contribution in [2.75, 3.05) is 0 Å². The molecular formula is C22H33MoO-. The molecule has 0 heterocycles. The second-order valence-electron chi connectivity index (χ2n) is 10.1. The Balaban J connectivity index is 0.00000146. The third-order valence-corrected chi connectivity index (χ3v) is 9.36. The molecular weight excluding hydrogens is 376 g/mol. The number of carbonyl (C=O) groups excluding carboxylic acids is 1. The normalized spacial score (nSPS) is 51.3. The van der Waals surface area contributed by atoms with E-state index < -0.39 is 0 Å². The molecule has 0 spiro atoms. The monoisotopic (exact) mass is 411 g/mol. The summed E-state index contributed by atoms with van der Waals surface area (Å²) in [7, 11) is 0. The summed E-state index contributed by atoms with van der Waals surface area (Å²) in [6.07, 6.45) is 14.9. The molecule has 24 heavy (non-hydrogen) atoms. The molecule has 0 aromatic heterocycles. The zero-order valence-corrected chi connectivity index (χ0v) is 17.5. The molecule has 0 N–H and O–H groups in total. The maximum atomic E-state index is 12.6. The van der Waals surface area contributed by atoms with Crippen LogP contribution in [-0.2, 0) is 25.9 Å². The van der Waals surface area contributed by atoms with E-state index in [0.29, 0.717) is 11.2 Å². The fourth-order valence-electron chi connectivity index (χ4n) is 8.19. The van der Waals surface area contributed by atoms with Gasteiger partial charge in [0.05, 0.1) is 0 Å². The largest absolute Gasteiger partial charge is 0.316 e. The number of fused-ring (bicyclic) bond motifs is 5. The van der Waals surface area contributed by atoms with E-state index in [1.165, 1.54) is 64.2 Å². The zero-order chi connectivity index (χ0) is 15.8. The molecule has 0 bridgehead atoms. The minimum absolute atomic E-state index is 0. The number of ketones is 1. The van der Waals surface area contributed by atoms with Crippen LogP contribution in [0.5, 0.6) is 0 Å². The van der Waals surface area contributed by atoms with E-state index in [0.717, 1.165) is 36.0 Å². The second-order valence-corrected chi connectivity index (χ2v) is 10.1. The first kappa shape index (κ1) is 17.8. The second kappa shape index (κ2) is 5.93. The van der Waals surface area contributed by atoms with Crippen LogP contribution in [0.15, 0.2) is 0 Å². The van der Waals surface area contributed by atoms with E-state index in [-0.39, 0.29) is 26.5 Å². The van der Waals surface area contributed by atoms with Crippen LogP contribution in [0.2, 0.25) is 0 Å². The van der Waals surface area contributed by atoms with Crippen molar-refractivity contribution in [2.24, 2.45) is 40.4 Å².